The number of nitrogens with one attached hydrogen (secondary N) is 1. The third-order valence-electron chi connectivity index (χ3n) is 2.20. The van der Waals surface area contributed by atoms with Crippen LogP contribution in [0.1, 0.15) is 33.6 Å². The molecule has 16 heavy (non-hydrogen) atoms. The maximum absolute atomic E-state index is 11.6. The molecule has 0 heterocycles. The molecule has 0 fully saturated rings. The van der Waals surface area contributed by atoms with E-state index in [0.29, 0.717) is 5.92 Å². The second kappa shape index (κ2) is 7.09. The van der Waals surface area contributed by atoms with E-state index in [9.17, 15) is 9.59 Å². The third kappa shape index (κ3) is 7.09. The smallest absolute Gasteiger partial charge is 0.317 e. The van der Waals surface area contributed by atoms with Crippen molar-refractivity contribution < 1.29 is 14.7 Å². The molecule has 0 aliphatic carbocycles. The van der Waals surface area contributed by atoms with Gasteiger partial charge in [0.1, 0.15) is 0 Å². The van der Waals surface area contributed by atoms with Gasteiger partial charge in [-0.2, -0.15) is 0 Å². The van der Waals surface area contributed by atoms with Gasteiger partial charge in [0.05, 0.1) is 6.42 Å². The van der Waals surface area contributed by atoms with Gasteiger partial charge in [-0.25, -0.2) is 4.79 Å². The van der Waals surface area contributed by atoms with E-state index in [1.54, 1.807) is 7.05 Å². The Hall–Kier alpha value is -1.26. The van der Waals surface area contributed by atoms with E-state index < -0.39 is 5.97 Å². The fourth-order valence-corrected chi connectivity index (χ4v) is 1.45. The molecule has 0 aromatic carbocycles. The summed E-state index contributed by atoms with van der Waals surface area (Å²) in [6.07, 6.45) is 0.890. The Morgan fingerprint density at radius 3 is 2.31 bits per heavy atom. The molecule has 5 nitrogen and oxygen atoms in total. The van der Waals surface area contributed by atoms with Crippen LogP contribution in [0, 0.1) is 5.92 Å². The quantitative estimate of drug-likeness (QED) is 0.727. The summed E-state index contributed by atoms with van der Waals surface area (Å²) in [4.78, 5) is 23.3. The van der Waals surface area contributed by atoms with Crippen molar-refractivity contribution in [3.05, 3.63) is 0 Å². The lowest BCUT2D eigenvalue weighted by molar-refractivity contribution is -0.137. The summed E-state index contributed by atoms with van der Waals surface area (Å²) in [6, 6.07) is -0.103. The predicted molar refractivity (Wildman–Crippen MR) is 62.3 cm³/mol. The second-order valence-corrected chi connectivity index (χ2v) is 4.55. The van der Waals surface area contributed by atoms with Crippen LogP contribution in [-0.2, 0) is 4.79 Å². The highest BCUT2D eigenvalue weighted by Gasteiger charge is 2.13. The highest BCUT2D eigenvalue weighted by atomic mass is 16.4. The number of nitrogens with zero attached hydrogens (tertiary/aromatic N) is 1. The summed E-state index contributed by atoms with van der Waals surface area (Å²) >= 11 is 0. The molecule has 1 atom stereocenters. The van der Waals surface area contributed by atoms with Gasteiger partial charge in [-0.05, 0) is 19.3 Å². The lowest BCUT2D eigenvalue weighted by atomic mass is 10.1. The number of amides is 2. The molecule has 1 unspecified atom stereocenters. The number of urea groups is 1. The topological polar surface area (TPSA) is 69.6 Å². The van der Waals surface area contributed by atoms with Crippen molar-refractivity contribution in [3.63, 3.8) is 0 Å². The predicted octanol–water partition coefficient (Wildman–Crippen LogP) is 1.54. The van der Waals surface area contributed by atoms with Gasteiger partial charge in [0.2, 0.25) is 0 Å². The van der Waals surface area contributed by atoms with E-state index in [2.05, 4.69) is 19.2 Å². The molecule has 2 amide bonds. The van der Waals surface area contributed by atoms with Crippen molar-refractivity contribution in [2.75, 3.05) is 13.6 Å². The first-order valence-electron chi connectivity index (χ1n) is 5.56. The number of rotatable bonds is 6. The zero-order valence-electron chi connectivity index (χ0n) is 10.5. The van der Waals surface area contributed by atoms with Gasteiger partial charge in [0.25, 0.3) is 0 Å². The summed E-state index contributed by atoms with van der Waals surface area (Å²) in [7, 11) is 1.60. The number of hydrogen-bond donors (Lipinski definition) is 2. The fraction of sp³-hybridized carbons (Fsp3) is 0.818. The first kappa shape index (κ1) is 14.7. The van der Waals surface area contributed by atoms with Crippen LogP contribution in [0.25, 0.3) is 0 Å². The van der Waals surface area contributed by atoms with Gasteiger partial charge in [0, 0.05) is 19.6 Å². The van der Waals surface area contributed by atoms with E-state index in [-0.39, 0.29) is 25.0 Å². The summed E-state index contributed by atoms with van der Waals surface area (Å²) in [5.74, 6) is -0.366. The Morgan fingerprint density at radius 2 is 1.88 bits per heavy atom. The molecule has 94 valence electrons. The van der Waals surface area contributed by atoms with Crippen LogP contribution in [0.2, 0.25) is 0 Å². The number of aliphatic carboxylic acids is 1. The van der Waals surface area contributed by atoms with Crippen LogP contribution in [-0.4, -0.2) is 41.6 Å². The Balaban J connectivity index is 3.90. The van der Waals surface area contributed by atoms with Crippen LogP contribution in [0.15, 0.2) is 0 Å². The van der Waals surface area contributed by atoms with Gasteiger partial charge >= 0.3 is 12.0 Å². The number of carboxylic acid groups (broad SMARTS) is 1. The molecular weight excluding hydrogens is 208 g/mol. The van der Waals surface area contributed by atoms with Gasteiger partial charge in [-0.1, -0.05) is 13.8 Å². The van der Waals surface area contributed by atoms with E-state index in [1.807, 2.05) is 6.92 Å². The van der Waals surface area contributed by atoms with Crippen molar-refractivity contribution in [1.29, 1.82) is 0 Å². The number of carbonyl (C=O) groups excluding carboxylic acids is 1. The largest absolute Gasteiger partial charge is 0.481 e. The zero-order valence-corrected chi connectivity index (χ0v) is 10.5. The highest BCUT2D eigenvalue weighted by molar-refractivity contribution is 5.75. The molecule has 0 saturated carbocycles. The number of carboxylic acids is 1. The van der Waals surface area contributed by atoms with Crippen molar-refractivity contribution in [3.8, 4) is 0 Å². The minimum absolute atomic E-state index is 0.0253. The standard InChI is InChI=1S/C11H22N2O3/c1-8(2)7-9(3)12-11(16)13(4)6-5-10(14)15/h8-9H,5-7H2,1-4H3,(H,12,16)(H,14,15). The molecule has 0 spiro atoms. The van der Waals surface area contributed by atoms with Crippen LogP contribution in [0.3, 0.4) is 0 Å². The highest BCUT2D eigenvalue weighted by Crippen LogP contribution is 2.04. The molecule has 5 heteroatoms. The molecule has 0 radical (unpaired) electrons. The monoisotopic (exact) mass is 230 g/mol. The summed E-state index contributed by atoms with van der Waals surface area (Å²) in [5, 5.41) is 11.3. The maximum atomic E-state index is 11.6. The van der Waals surface area contributed by atoms with Crippen molar-refractivity contribution >= 4 is 12.0 Å². The van der Waals surface area contributed by atoms with Crippen molar-refractivity contribution in [1.82, 2.24) is 10.2 Å². The van der Waals surface area contributed by atoms with Crippen LogP contribution < -0.4 is 5.32 Å². The first-order chi connectivity index (χ1) is 7.32. The van der Waals surface area contributed by atoms with E-state index in [0.717, 1.165) is 6.42 Å². The average Bonchev–Trinajstić information content (AvgIpc) is 2.12. The van der Waals surface area contributed by atoms with E-state index >= 15 is 0 Å². The first-order valence-corrected chi connectivity index (χ1v) is 5.56. The SMILES string of the molecule is CC(C)CC(C)NC(=O)N(C)CCC(=O)O. The minimum Gasteiger partial charge on any atom is -0.481 e. The van der Waals surface area contributed by atoms with Crippen LogP contribution in [0.5, 0.6) is 0 Å². The molecular formula is C11H22N2O3. The number of hydrogen-bond acceptors (Lipinski definition) is 2. The number of carbonyl (C=O) groups is 2. The van der Waals surface area contributed by atoms with Crippen LogP contribution in [0.4, 0.5) is 4.79 Å². The summed E-state index contributed by atoms with van der Waals surface area (Å²) in [5.41, 5.74) is 0. The molecule has 2 N–H and O–H groups in total. The Kier molecular flexibility index (Phi) is 6.53. The minimum atomic E-state index is -0.894. The molecule has 0 aromatic heterocycles. The van der Waals surface area contributed by atoms with Gasteiger partial charge < -0.3 is 15.3 Å². The summed E-state index contributed by atoms with van der Waals surface area (Å²) in [6.45, 7) is 6.37. The molecule has 0 rings (SSSR count). The van der Waals surface area contributed by atoms with E-state index in [4.69, 9.17) is 5.11 Å². The second-order valence-electron chi connectivity index (χ2n) is 4.55. The molecule has 0 aliphatic heterocycles. The fourth-order valence-electron chi connectivity index (χ4n) is 1.45. The van der Waals surface area contributed by atoms with Gasteiger partial charge in [-0.3, -0.25) is 4.79 Å². The average molecular weight is 230 g/mol. The van der Waals surface area contributed by atoms with E-state index in [1.165, 1.54) is 4.90 Å². The normalized spacial score (nSPS) is 12.3. The van der Waals surface area contributed by atoms with Gasteiger partial charge in [-0.15, -0.1) is 0 Å². The lowest BCUT2D eigenvalue weighted by Gasteiger charge is -2.21. The van der Waals surface area contributed by atoms with Crippen LogP contribution >= 0.6 is 0 Å². The van der Waals surface area contributed by atoms with Crippen molar-refractivity contribution in [2.45, 2.75) is 39.7 Å². The molecule has 0 aliphatic rings. The Bertz CT molecular complexity index is 241. The molecule has 0 bridgehead atoms. The lowest BCUT2D eigenvalue weighted by Crippen LogP contribution is -2.43. The molecule has 0 aromatic rings. The van der Waals surface area contributed by atoms with Crippen molar-refractivity contribution in [2.24, 2.45) is 5.92 Å². The third-order valence-corrected chi connectivity index (χ3v) is 2.20. The Morgan fingerprint density at radius 1 is 1.31 bits per heavy atom. The van der Waals surface area contributed by atoms with Gasteiger partial charge in [0.15, 0.2) is 0 Å². The maximum Gasteiger partial charge on any atom is 0.317 e. The Labute approximate surface area is 96.8 Å². The summed E-state index contributed by atoms with van der Waals surface area (Å²) < 4.78 is 0. The molecule has 0 saturated heterocycles. The zero-order chi connectivity index (χ0) is 12.7.